The Morgan fingerprint density at radius 2 is 2.17 bits per heavy atom. The summed E-state index contributed by atoms with van der Waals surface area (Å²) in [6, 6.07) is 5.54. The van der Waals surface area contributed by atoms with E-state index in [1.807, 2.05) is 18.2 Å². The van der Waals surface area contributed by atoms with Gasteiger partial charge in [0.15, 0.2) is 0 Å². The molecule has 0 spiro atoms. The lowest BCUT2D eigenvalue weighted by Gasteiger charge is -2.04. The maximum absolute atomic E-state index is 11.9. The molecule has 0 saturated carbocycles. The molecular formula is C12H9N5O. The number of fused-ring (bicyclic) bond motifs is 1. The number of hydrogen-bond donors (Lipinski definition) is 2. The number of benzene rings is 1. The quantitative estimate of drug-likeness (QED) is 0.711. The summed E-state index contributed by atoms with van der Waals surface area (Å²) in [5.41, 5.74) is 1.84. The van der Waals surface area contributed by atoms with E-state index in [0.717, 1.165) is 10.9 Å². The number of carbonyl (C=O) groups excluding carboxylic acids is 1. The maximum atomic E-state index is 11.9. The van der Waals surface area contributed by atoms with E-state index in [0.29, 0.717) is 5.69 Å². The number of hydrogen-bond acceptors (Lipinski definition) is 4. The number of carbonyl (C=O) groups is 1. The van der Waals surface area contributed by atoms with Crippen LogP contribution in [0.15, 0.2) is 43.0 Å². The van der Waals surface area contributed by atoms with E-state index in [2.05, 4.69) is 25.5 Å². The predicted octanol–water partition coefficient (Wildman–Crippen LogP) is 1.61. The Labute approximate surface area is 102 Å². The number of nitrogens with zero attached hydrogens (tertiary/aromatic N) is 3. The highest BCUT2D eigenvalue weighted by atomic mass is 16.1. The first-order valence-electron chi connectivity index (χ1n) is 5.34. The second kappa shape index (κ2) is 4.25. The average Bonchev–Trinajstić information content (AvgIpc) is 2.89. The van der Waals surface area contributed by atoms with Crippen LogP contribution in [-0.2, 0) is 0 Å². The lowest BCUT2D eigenvalue weighted by molar-refractivity contribution is 0.102. The standard InChI is InChI=1S/C12H9N5O/c18-12(11-7-13-4-5-14-11)16-9-2-1-3-10-8(9)6-15-17-10/h1-7H,(H,15,17)(H,16,18). The number of anilines is 1. The zero-order valence-electron chi connectivity index (χ0n) is 9.29. The highest BCUT2D eigenvalue weighted by Crippen LogP contribution is 2.21. The molecule has 0 radical (unpaired) electrons. The van der Waals surface area contributed by atoms with Gasteiger partial charge in [-0.1, -0.05) is 6.07 Å². The first-order chi connectivity index (χ1) is 8.84. The molecule has 3 rings (SSSR count). The molecule has 0 atom stereocenters. The van der Waals surface area contributed by atoms with E-state index >= 15 is 0 Å². The Kier molecular flexibility index (Phi) is 2.45. The first kappa shape index (κ1) is 10.4. The van der Waals surface area contributed by atoms with E-state index in [1.54, 1.807) is 6.20 Å². The van der Waals surface area contributed by atoms with Gasteiger partial charge in [0, 0.05) is 17.8 Å². The fraction of sp³-hybridized carbons (Fsp3) is 0. The highest BCUT2D eigenvalue weighted by Gasteiger charge is 2.09. The monoisotopic (exact) mass is 239 g/mol. The van der Waals surface area contributed by atoms with Crippen molar-refractivity contribution in [2.45, 2.75) is 0 Å². The van der Waals surface area contributed by atoms with Crippen molar-refractivity contribution in [3.8, 4) is 0 Å². The van der Waals surface area contributed by atoms with Crippen molar-refractivity contribution in [1.29, 1.82) is 0 Å². The van der Waals surface area contributed by atoms with Gasteiger partial charge in [-0.25, -0.2) is 4.98 Å². The molecule has 2 heterocycles. The molecule has 88 valence electrons. The van der Waals surface area contributed by atoms with Crippen molar-refractivity contribution in [1.82, 2.24) is 20.2 Å². The van der Waals surface area contributed by atoms with E-state index < -0.39 is 0 Å². The smallest absolute Gasteiger partial charge is 0.275 e. The molecule has 6 nitrogen and oxygen atoms in total. The number of amides is 1. The van der Waals surface area contributed by atoms with Crippen molar-refractivity contribution >= 4 is 22.5 Å². The number of H-pyrrole nitrogens is 1. The fourth-order valence-corrected chi connectivity index (χ4v) is 1.68. The van der Waals surface area contributed by atoms with Crippen LogP contribution in [0.2, 0.25) is 0 Å². The molecule has 6 heteroatoms. The molecule has 0 fully saturated rings. The molecule has 0 unspecified atom stereocenters. The molecule has 0 aliphatic heterocycles. The Morgan fingerprint density at radius 1 is 1.22 bits per heavy atom. The van der Waals surface area contributed by atoms with Crippen LogP contribution in [0.4, 0.5) is 5.69 Å². The minimum absolute atomic E-state index is 0.276. The zero-order chi connectivity index (χ0) is 12.4. The van der Waals surface area contributed by atoms with Crippen molar-refractivity contribution in [3.05, 3.63) is 48.7 Å². The zero-order valence-corrected chi connectivity index (χ0v) is 9.29. The lowest BCUT2D eigenvalue weighted by Crippen LogP contribution is -2.13. The molecular weight excluding hydrogens is 230 g/mol. The van der Waals surface area contributed by atoms with Crippen LogP contribution in [0.25, 0.3) is 10.9 Å². The third-order valence-corrected chi connectivity index (χ3v) is 2.53. The van der Waals surface area contributed by atoms with Gasteiger partial charge < -0.3 is 5.32 Å². The van der Waals surface area contributed by atoms with Crippen molar-refractivity contribution in [3.63, 3.8) is 0 Å². The Morgan fingerprint density at radius 3 is 3.00 bits per heavy atom. The Bertz CT molecular complexity index is 692. The number of nitrogens with one attached hydrogen (secondary N) is 2. The third-order valence-electron chi connectivity index (χ3n) is 2.53. The molecule has 1 aromatic carbocycles. The summed E-state index contributed by atoms with van der Waals surface area (Å²) in [5.74, 6) is -0.295. The van der Waals surface area contributed by atoms with E-state index in [9.17, 15) is 4.79 Å². The SMILES string of the molecule is O=C(Nc1cccc2[nH]ncc12)c1cnccn1. The summed E-state index contributed by atoms with van der Waals surface area (Å²) in [7, 11) is 0. The van der Waals surface area contributed by atoms with Crippen LogP contribution >= 0.6 is 0 Å². The summed E-state index contributed by atoms with van der Waals surface area (Å²) in [5, 5.41) is 10.4. The number of aromatic amines is 1. The van der Waals surface area contributed by atoms with Gasteiger partial charge in [0.2, 0.25) is 0 Å². The predicted molar refractivity (Wildman–Crippen MR) is 66.1 cm³/mol. The van der Waals surface area contributed by atoms with Gasteiger partial charge >= 0.3 is 0 Å². The minimum Gasteiger partial charge on any atom is -0.320 e. The van der Waals surface area contributed by atoms with Crippen LogP contribution in [0, 0.1) is 0 Å². The lowest BCUT2D eigenvalue weighted by atomic mass is 10.2. The van der Waals surface area contributed by atoms with Gasteiger partial charge in [-0.2, -0.15) is 5.10 Å². The van der Waals surface area contributed by atoms with Crippen LogP contribution in [0.3, 0.4) is 0 Å². The minimum atomic E-state index is -0.295. The van der Waals surface area contributed by atoms with E-state index in [1.165, 1.54) is 18.6 Å². The molecule has 2 aromatic heterocycles. The first-order valence-corrected chi connectivity index (χ1v) is 5.34. The molecule has 18 heavy (non-hydrogen) atoms. The molecule has 3 aromatic rings. The van der Waals surface area contributed by atoms with Gasteiger partial charge in [0.25, 0.3) is 5.91 Å². The van der Waals surface area contributed by atoms with E-state index in [4.69, 9.17) is 0 Å². The van der Waals surface area contributed by atoms with Crippen molar-refractivity contribution in [2.24, 2.45) is 0 Å². The second-order valence-electron chi connectivity index (χ2n) is 3.68. The number of aromatic nitrogens is 4. The summed E-state index contributed by atoms with van der Waals surface area (Å²) in [6.07, 6.45) is 6.09. The highest BCUT2D eigenvalue weighted by molar-refractivity contribution is 6.07. The topological polar surface area (TPSA) is 83.6 Å². The third kappa shape index (κ3) is 1.80. The van der Waals surface area contributed by atoms with E-state index in [-0.39, 0.29) is 11.6 Å². The van der Waals surface area contributed by atoms with Gasteiger partial charge in [-0.3, -0.25) is 14.9 Å². The van der Waals surface area contributed by atoms with Gasteiger partial charge in [0.1, 0.15) is 5.69 Å². The molecule has 2 N–H and O–H groups in total. The van der Waals surface area contributed by atoms with Crippen LogP contribution < -0.4 is 5.32 Å². The maximum Gasteiger partial charge on any atom is 0.275 e. The Hall–Kier alpha value is -2.76. The van der Waals surface area contributed by atoms with Crippen molar-refractivity contribution < 1.29 is 4.79 Å². The molecule has 1 amide bonds. The van der Waals surface area contributed by atoms with Crippen LogP contribution in [0.1, 0.15) is 10.5 Å². The number of rotatable bonds is 2. The molecule has 0 bridgehead atoms. The van der Waals surface area contributed by atoms with Crippen LogP contribution in [-0.4, -0.2) is 26.1 Å². The summed E-state index contributed by atoms with van der Waals surface area (Å²) in [4.78, 5) is 19.7. The second-order valence-corrected chi connectivity index (χ2v) is 3.68. The Balaban J connectivity index is 1.93. The fourth-order valence-electron chi connectivity index (χ4n) is 1.68. The molecule has 0 aliphatic rings. The van der Waals surface area contributed by atoms with Gasteiger partial charge in [-0.05, 0) is 12.1 Å². The van der Waals surface area contributed by atoms with Gasteiger partial charge in [0.05, 0.1) is 23.6 Å². The summed E-state index contributed by atoms with van der Waals surface area (Å²) in [6.45, 7) is 0. The van der Waals surface area contributed by atoms with Gasteiger partial charge in [-0.15, -0.1) is 0 Å². The molecule has 0 aliphatic carbocycles. The summed E-state index contributed by atoms with van der Waals surface area (Å²) >= 11 is 0. The largest absolute Gasteiger partial charge is 0.320 e. The average molecular weight is 239 g/mol. The summed E-state index contributed by atoms with van der Waals surface area (Å²) < 4.78 is 0. The molecule has 0 saturated heterocycles. The van der Waals surface area contributed by atoms with Crippen molar-refractivity contribution in [2.75, 3.05) is 5.32 Å². The normalized spacial score (nSPS) is 10.4. The van der Waals surface area contributed by atoms with Crippen LogP contribution in [0.5, 0.6) is 0 Å².